The van der Waals surface area contributed by atoms with Gasteiger partial charge in [-0.1, -0.05) is 26.8 Å². The summed E-state index contributed by atoms with van der Waals surface area (Å²) in [5.74, 6) is 0.135. The molecule has 0 radical (unpaired) electrons. The molecular weight excluding hydrogens is 316 g/mol. The van der Waals surface area contributed by atoms with Crippen LogP contribution < -0.4 is 5.32 Å². The molecule has 136 valence electrons. The smallest absolute Gasteiger partial charge is 0.229 e. The van der Waals surface area contributed by atoms with E-state index in [0.717, 1.165) is 37.8 Å². The highest BCUT2D eigenvalue weighted by molar-refractivity contribution is 5.94. The fraction of sp³-hybridized carbons (Fsp3) is 0.600. The maximum absolute atomic E-state index is 12.7. The predicted octanol–water partition coefficient (Wildman–Crippen LogP) is 3.28. The van der Waals surface area contributed by atoms with Crippen LogP contribution in [-0.4, -0.2) is 34.9 Å². The monoisotopic (exact) mass is 344 g/mol. The summed E-state index contributed by atoms with van der Waals surface area (Å²) in [5.41, 5.74) is 1.43. The third kappa shape index (κ3) is 4.14. The molecule has 2 N–H and O–H groups in total. The standard InChI is InChI=1S/C20H28N2O3/c1-20(2,3)15-8-9-17(23)16(11-15)21-18(24)14-5-4-10-22(12-14)19(25)13-6-7-13/h8-9,11,13-14,23H,4-7,10,12H2,1-3H3,(H,21,24)/t14-/m1/s1. The van der Waals surface area contributed by atoms with E-state index in [2.05, 4.69) is 26.1 Å². The molecule has 3 rings (SSSR count). The van der Waals surface area contributed by atoms with Gasteiger partial charge in [0.15, 0.2) is 0 Å². The Morgan fingerprint density at radius 1 is 1.16 bits per heavy atom. The Morgan fingerprint density at radius 3 is 2.52 bits per heavy atom. The van der Waals surface area contributed by atoms with Crippen molar-refractivity contribution < 1.29 is 14.7 Å². The molecule has 2 amide bonds. The van der Waals surface area contributed by atoms with Gasteiger partial charge in [-0.05, 0) is 48.8 Å². The number of rotatable bonds is 3. The van der Waals surface area contributed by atoms with Crippen LogP contribution in [0, 0.1) is 11.8 Å². The average Bonchev–Trinajstić information content (AvgIpc) is 3.40. The minimum Gasteiger partial charge on any atom is -0.506 e. The van der Waals surface area contributed by atoms with Crippen LogP contribution in [0.4, 0.5) is 5.69 Å². The minimum atomic E-state index is -0.214. The SMILES string of the molecule is CC(C)(C)c1ccc(O)c(NC(=O)[C@@H]2CCCN(C(=O)C3CC3)C2)c1. The van der Waals surface area contributed by atoms with Gasteiger partial charge in [0.2, 0.25) is 11.8 Å². The summed E-state index contributed by atoms with van der Waals surface area (Å²) < 4.78 is 0. The van der Waals surface area contributed by atoms with Gasteiger partial charge in [0, 0.05) is 19.0 Å². The second-order valence-electron chi connectivity index (χ2n) is 8.37. The minimum absolute atomic E-state index is 0.0640. The first-order valence-corrected chi connectivity index (χ1v) is 9.19. The van der Waals surface area contributed by atoms with Gasteiger partial charge in [-0.2, -0.15) is 0 Å². The molecule has 1 atom stereocenters. The van der Waals surface area contributed by atoms with Gasteiger partial charge >= 0.3 is 0 Å². The van der Waals surface area contributed by atoms with Crippen LogP contribution in [0.1, 0.15) is 52.0 Å². The molecule has 5 heteroatoms. The first-order valence-electron chi connectivity index (χ1n) is 9.19. The zero-order valence-electron chi connectivity index (χ0n) is 15.3. The summed E-state index contributed by atoms with van der Waals surface area (Å²) in [6, 6.07) is 5.34. The van der Waals surface area contributed by atoms with E-state index < -0.39 is 0 Å². The van der Waals surface area contributed by atoms with Crippen LogP contribution in [0.2, 0.25) is 0 Å². The van der Waals surface area contributed by atoms with Crippen LogP contribution in [0.25, 0.3) is 0 Å². The molecule has 1 aromatic carbocycles. The molecule has 0 bridgehead atoms. The van der Waals surface area contributed by atoms with Crippen LogP contribution in [0.3, 0.4) is 0 Å². The maximum atomic E-state index is 12.7. The molecule has 2 aliphatic rings. The Balaban J connectivity index is 1.68. The molecule has 1 aliphatic carbocycles. The normalized spacial score (nSPS) is 21.1. The molecule has 1 saturated carbocycles. The van der Waals surface area contributed by atoms with Crippen molar-refractivity contribution in [3.63, 3.8) is 0 Å². The lowest BCUT2D eigenvalue weighted by Gasteiger charge is -2.32. The number of piperidine rings is 1. The van der Waals surface area contributed by atoms with E-state index in [4.69, 9.17) is 0 Å². The number of carbonyl (C=O) groups excluding carboxylic acids is 2. The summed E-state index contributed by atoms with van der Waals surface area (Å²) in [5, 5.41) is 13.0. The van der Waals surface area contributed by atoms with E-state index >= 15 is 0 Å². The van der Waals surface area contributed by atoms with Gasteiger partial charge < -0.3 is 15.3 Å². The first-order chi connectivity index (χ1) is 11.8. The fourth-order valence-electron chi connectivity index (χ4n) is 3.32. The molecule has 1 aromatic rings. The quantitative estimate of drug-likeness (QED) is 0.827. The third-order valence-corrected chi connectivity index (χ3v) is 5.15. The first kappa shape index (κ1) is 17.8. The number of likely N-dealkylation sites (tertiary alicyclic amines) is 1. The van der Waals surface area contributed by atoms with Crippen LogP contribution >= 0.6 is 0 Å². The number of benzene rings is 1. The molecule has 0 aromatic heterocycles. The van der Waals surface area contributed by atoms with Crippen molar-refractivity contribution in [1.82, 2.24) is 4.90 Å². The van der Waals surface area contributed by atoms with Crippen LogP contribution in [0.5, 0.6) is 5.75 Å². The number of nitrogens with zero attached hydrogens (tertiary/aromatic N) is 1. The summed E-state index contributed by atoms with van der Waals surface area (Å²) in [6.45, 7) is 7.51. The molecule has 2 fully saturated rings. The second-order valence-corrected chi connectivity index (χ2v) is 8.37. The number of carbonyl (C=O) groups is 2. The topological polar surface area (TPSA) is 69.6 Å². The van der Waals surface area contributed by atoms with Crippen molar-refractivity contribution in [1.29, 1.82) is 0 Å². The molecule has 0 spiro atoms. The van der Waals surface area contributed by atoms with E-state index in [1.54, 1.807) is 6.07 Å². The van der Waals surface area contributed by atoms with Crippen molar-refractivity contribution in [2.45, 2.75) is 51.9 Å². The van der Waals surface area contributed by atoms with Gasteiger partial charge in [0.1, 0.15) is 5.75 Å². The van der Waals surface area contributed by atoms with Crippen molar-refractivity contribution in [3.8, 4) is 5.75 Å². The van der Waals surface area contributed by atoms with Gasteiger partial charge in [0.05, 0.1) is 11.6 Å². The molecule has 25 heavy (non-hydrogen) atoms. The largest absolute Gasteiger partial charge is 0.506 e. The number of amides is 2. The number of anilines is 1. The molecule has 0 unspecified atom stereocenters. The highest BCUT2D eigenvalue weighted by Gasteiger charge is 2.36. The Morgan fingerprint density at radius 2 is 1.88 bits per heavy atom. The molecular formula is C20H28N2O3. The summed E-state index contributed by atoms with van der Waals surface area (Å²) >= 11 is 0. The molecule has 1 saturated heterocycles. The summed E-state index contributed by atoms with van der Waals surface area (Å²) in [6.07, 6.45) is 3.60. The van der Waals surface area contributed by atoms with E-state index in [-0.39, 0.29) is 34.8 Å². The van der Waals surface area contributed by atoms with E-state index in [0.29, 0.717) is 12.2 Å². The van der Waals surface area contributed by atoms with Gasteiger partial charge in [-0.15, -0.1) is 0 Å². The lowest BCUT2D eigenvalue weighted by molar-refractivity contribution is -0.135. The van der Waals surface area contributed by atoms with E-state index in [9.17, 15) is 14.7 Å². The number of hydrogen-bond acceptors (Lipinski definition) is 3. The number of nitrogens with one attached hydrogen (secondary N) is 1. The zero-order valence-corrected chi connectivity index (χ0v) is 15.3. The lowest BCUT2D eigenvalue weighted by atomic mass is 9.86. The van der Waals surface area contributed by atoms with Gasteiger partial charge in [-0.3, -0.25) is 9.59 Å². The highest BCUT2D eigenvalue weighted by atomic mass is 16.3. The summed E-state index contributed by atoms with van der Waals surface area (Å²) in [7, 11) is 0. The van der Waals surface area contributed by atoms with Crippen molar-refractivity contribution in [2.75, 3.05) is 18.4 Å². The second kappa shape index (κ2) is 6.70. The number of aromatic hydroxyl groups is 1. The zero-order chi connectivity index (χ0) is 18.2. The van der Waals surface area contributed by atoms with E-state index in [1.165, 1.54) is 0 Å². The number of hydrogen-bond donors (Lipinski definition) is 2. The molecule has 1 aliphatic heterocycles. The van der Waals surface area contributed by atoms with Gasteiger partial charge in [-0.25, -0.2) is 0 Å². The average molecular weight is 344 g/mol. The van der Waals surface area contributed by atoms with Crippen molar-refractivity contribution in [2.24, 2.45) is 11.8 Å². The predicted molar refractivity (Wildman–Crippen MR) is 97.5 cm³/mol. The molecule has 1 heterocycles. The van der Waals surface area contributed by atoms with Gasteiger partial charge in [0.25, 0.3) is 0 Å². The lowest BCUT2D eigenvalue weighted by Crippen LogP contribution is -2.44. The van der Waals surface area contributed by atoms with Crippen LogP contribution in [0.15, 0.2) is 18.2 Å². The summed E-state index contributed by atoms with van der Waals surface area (Å²) in [4.78, 5) is 26.8. The Labute approximate surface area is 149 Å². The Bertz CT molecular complexity index is 674. The van der Waals surface area contributed by atoms with Crippen LogP contribution in [-0.2, 0) is 15.0 Å². The molecule has 5 nitrogen and oxygen atoms in total. The Kier molecular flexibility index (Phi) is 4.76. The fourth-order valence-corrected chi connectivity index (χ4v) is 3.32. The van der Waals surface area contributed by atoms with Crippen molar-refractivity contribution in [3.05, 3.63) is 23.8 Å². The highest BCUT2D eigenvalue weighted by Crippen LogP contribution is 2.34. The van der Waals surface area contributed by atoms with E-state index in [1.807, 2.05) is 17.0 Å². The number of phenolic OH excluding ortho intramolecular Hbond substituents is 1. The maximum Gasteiger partial charge on any atom is 0.229 e. The number of phenols is 1. The third-order valence-electron chi connectivity index (χ3n) is 5.15. The van der Waals surface area contributed by atoms with Crippen molar-refractivity contribution >= 4 is 17.5 Å². The Hall–Kier alpha value is -2.04.